The standard InChI is InChI=1S/C8H10Cl3N3S/c1-2-3-15-6-4(9)7(11)13-8(14-12)5(6)10/h2-3,12H2,1H3,(H,13,14). The second-order valence-electron chi connectivity index (χ2n) is 2.70. The molecule has 1 aromatic rings. The number of thioether (sulfide) groups is 1. The molecule has 0 atom stereocenters. The van der Waals surface area contributed by atoms with Crippen molar-refractivity contribution in [2.75, 3.05) is 11.2 Å². The first-order chi connectivity index (χ1) is 7.11. The molecule has 0 unspecified atom stereocenters. The van der Waals surface area contributed by atoms with Crippen molar-refractivity contribution in [2.45, 2.75) is 18.2 Å². The van der Waals surface area contributed by atoms with Crippen molar-refractivity contribution in [3.63, 3.8) is 0 Å². The van der Waals surface area contributed by atoms with Gasteiger partial charge in [-0.05, 0) is 12.2 Å². The zero-order chi connectivity index (χ0) is 11.4. The highest BCUT2D eigenvalue weighted by atomic mass is 35.5. The fourth-order valence-electron chi connectivity index (χ4n) is 0.920. The molecule has 0 aliphatic heterocycles. The number of hydrogen-bond acceptors (Lipinski definition) is 4. The topological polar surface area (TPSA) is 50.9 Å². The average molecular weight is 287 g/mol. The fourth-order valence-corrected chi connectivity index (χ4v) is 2.71. The van der Waals surface area contributed by atoms with Gasteiger partial charge in [-0.15, -0.1) is 11.8 Å². The Hall–Kier alpha value is 0.130. The molecule has 1 heterocycles. The average Bonchev–Trinajstić information content (AvgIpc) is 2.23. The maximum atomic E-state index is 6.05. The predicted octanol–water partition coefficient (Wildman–Crippen LogP) is 3.83. The summed E-state index contributed by atoms with van der Waals surface area (Å²) in [6, 6.07) is 0. The molecule has 0 amide bonds. The number of halogens is 3. The molecule has 1 rings (SSSR count). The highest BCUT2D eigenvalue weighted by molar-refractivity contribution is 7.99. The Morgan fingerprint density at radius 1 is 1.33 bits per heavy atom. The van der Waals surface area contributed by atoms with Crippen LogP contribution in [0.3, 0.4) is 0 Å². The molecule has 0 aliphatic rings. The second-order valence-corrected chi connectivity index (χ2v) is 4.92. The Kier molecular flexibility index (Phi) is 5.29. The number of anilines is 1. The first-order valence-corrected chi connectivity index (χ1v) is 6.37. The molecule has 0 radical (unpaired) electrons. The number of nitrogens with zero attached hydrogens (tertiary/aromatic N) is 1. The van der Waals surface area contributed by atoms with Crippen molar-refractivity contribution in [2.24, 2.45) is 5.84 Å². The minimum atomic E-state index is 0.201. The van der Waals surface area contributed by atoms with Gasteiger partial charge in [0.2, 0.25) is 0 Å². The Bertz CT molecular complexity index is 359. The number of hydrazine groups is 1. The van der Waals surface area contributed by atoms with Gasteiger partial charge in [-0.3, -0.25) is 0 Å². The van der Waals surface area contributed by atoms with Crippen LogP contribution in [0.15, 0.2) is 4.90 Å². The zero-order valence-electron chi connectivity index (χ0n) is 7.98. The number of pyridine rings is 1. The highest BCUT2D eigenvalue weighted by Crippen LogP contribution is 2.41. The zero-order valence-corrected chi connectivity index (χ0v) is 11.1. The number of nitrogen functional groups attached to an aromatic ring is 1. The molecule has 0 saturated heterocycles. The summed E-state index contributed by atoms with van der Waals surface area (Å²) in [4.78, 5) is 4.63. The maximum absolute atomic E-state index is 6.05. The number of rotatable bonds is 4. The van der Waals surface area contributed by atoms with Gasteiger partial charge in [0.25, 0.3) is 0 Å². The summed E-state index contributed by atoms with van der Waals surface area (Å²) >= 11 is 19.4. The normalized spacial score (nSPS) is 10.5. The van der Waals surface area contributed by atoms with E-state index in [1.54, 1.807) is 0 Å². The van der Waals surface area contributed by atoms with E-state index in [0.717, 1.165) is 12.2 Å². The van der Waals surface area contributed by atoms with Crippen molar-refractivity contribution in [3.05, 3.63) is 15.2 Å². The van der Waals surface area contributed by atoms with Crippen LogP contribution in [0.2, 0.25) is 15.2 Å². The summed E-state index contributed by atoms with van der Waals surface area (Å²) < 4.78 is 0. The van der Waals surface area contributed by atoms with Gasteiger partial charge < -0.3 is 5.43 Å². The molecule has 1 aromatic heterocycles. The van der Waals surface area contributed by atoms with E-state index in [1.165, 1.54) is 11.8 Å². The van der Waals surface area contributed by atoms with Crippen LogP contribution in [0.25, 0.3) is 0 Å². The molecule has 0 saturated carbocycles. The molecule has 3 N–H and O–H groups in total. The maximum Gasteiger partial charge on any atom is 0.161 e. The molecule has 7 heteroatoms. The van der Waals surface area contributed by atoms with Crippen LogP contribution in [0.5, 0.6) is 0 Å². The molecular weight excluding hydrogens is 277 g/mol. The van der Waals surface area contributed by atoms with Gasteiger partial charge >= 0.3 is 0 Å². The first kappa shape index (κ1) is 13.2. The highest BCUT2D eigenvalue weighted by Gasteiger charge is 2.15. The largest absolute Gasteiger partial charge is 0.307 e. The van der Waals surface area contributed by atoms with Crippen molar-refractivity contribution in [1.82, 2.24) is 4.98 Å². The second kappa shape index (κ2) is 6.01. The Morgan fingerprint density at radius 2 is 2.00 bits per heavy atom. The van der Waals surface area contributed by atoms with Crippen LogP contribution in [0, 0.1) is 0 Å². The summed E-state index contributed by atoms with van der Waals surface area (Å²) in [6.45, 7) is 2.07. The summed E-state index contributed by atoms with van der Waals surface area (Å²) in [5.41, 5.74) is 2.38. The number of nitrogens with one attached hydrogen (secondary N) is 1. The molecule has 84 valence electrons. The van der Waals surface area contributed by atoms with Crippen molar-refractivity contribution in [3.8, 4) is 0 Å². The van der Waals surface area contributed by atoms with Crippen LogP contribution in [-0.2, 0) is 0 Å². The van der Waals surface area contributed by atoms with Crippen LogP contribution < -0.4 is 11.3 Å². The SMILES string of the molecule is CCCSc1c(Cl)c(Cl)nc(NN)c1Cl. The molecule has 0 bridgehead atoms. The van der Waals surface area contributed by atoms with Crippen molar-refractivity contribution >= 4 is 52.4 Å². The van der Waals surface area contributed by atoms with E-state index in [-0.39, 0.29) is 5.15 Å². The lowest BCUT2D eigenvalue weighted by molar-refractivity contribution is 1.10. The van der Waals surface area contributed by atoms with Gasteiger partial charge in [0.1, 0.15) is 0 Å². The van der Waals surface area contributed by atoms with E-state index in [0.29, 0.717) is 20.8 Å². The van der Waals surface area contributed by atoms with Gasteiger partial charge in [-0.1, -0.05) is 41.7 Å². The minimum absolute atomic E-state index is 0.201. The van der Waals surface area contributed by atoms with Crippen LogP contribution in [0.4, 0.5) is 5.82 Å². The molecular formula is C8H10Cl3N3S. The van der Waals surface area contributed by atoms with Gasteiger partial charge in [-0.2, -0.15) is 0 Å². The van der Waals surface area contributed by atoms with E-state index >= 15 is 0 Å². The minimum Gasteiger partial charge on any atom is -0.307 e. The summed E-state index contributed by atoms with van der Waals surface area (Å²) in [5.74, 6) is 6.50. The quantitative estimate of drug-likeness (QED) is 0.382. The Morgan fingerprint density at radius 3 is 2.53 bits per heavy atom. The smallest absolute Gasteiger partial charge is 0.161 e. The molecule has 15 heavy (non-hydrogen) atoms. The van der Waals surface area contributed by atoms with Gasteiger partial charge in [-0.25, -0.2) is 10.8 Å². The van der Waals surface area contributed by atoms with E-state index in [1.807, 2.05) is 0 Å². The third-order valence-electron chi connectivity index (χ3n) is 1.58. The number of hydrogen-bond donors (Lipinski definition) is 2. The summed E-state index contributed by atoms with van der Waals surface area (Å²) in [7, 11) is 0. The third-order valence-corrected chi connectivity index (χ3v) is 4.22. The van der Waals surface area contributed by atoms with E-state index in [9.17, 15) is 0 Å². The lowest BCUT2D eigenvalue weighted by atomic mass is 10.4. The lowest BCUT2D eigenvalue weighted by Crippen LogP contribution is -2.09. The van der Waals surface area contributed by atoms with Gasteiger partial charge in [0.05, 0.1) is 14.9 Å². The molecule has 0 aliphatic carbocycles. The van der Waals surface area contributed by atoms with Crippen molar-refractivity contribution < 1.29 is 0 Å². The summed E-state index contributed by atoms with van der Waals surface area (Å²) in [6.07, 6.45) is 1.02. The first-order valence-electron chi connectivity index (χ1n) is 4.25. The molecule has 3 nitrogen and oxygen atoms in total. The van der Waals surface area contributed by atoms with E-state index in [2.05, 4.69) is 17.3 Å². The van der Waals surface area contributed by atoms with Crippen LogP contribution in [0.1, 0.15) is 13.3 Å². The predicted molar refractivity (Wildman–Crippen MR) is 68.1 cm³/mol. The fraction of sp³-hybridized carbons (Fsp3) is 0.375. The van der Waals surface area contributed by atoms with Crippen LogP contribution >= 0.6 is 46.6 Å². The summed E-state index contributed by atoms with van der Waals surface area (Å²) in [5, 5.41) is 0.983. The van der Waals surface area contributed by atoms with E-state index in [4.69, 9.17) is 40.6 Å². The molecule has 0 aromatic carbocycles. The van der Waals surface area contributed by atoms with Crippen molar-refractivity contribution in [1.29, 1.82) is 0 Å². The molecule has 0 fully saturated rings. The number of nitrogens with two attached hydrogens (primary N) is 1. The Labute approximate surface area is 108 Å². The molecule has 0 spiro atoms. The monoisotopic (exact) mass is 285 g/mol. The Balaban J connectivity index is 3.15. The van der Waals surface area contributed by atoms with E-state index < -0.39 is 0 Å². The lowest BCUT2D eigenvalue weighted by Gasteiger charge is -2.10. The number of aromatic nitrogens is 1. The van der Waals surface area contributed by atoms with Gasteiger partial charge in [0.15, 0.2) is 11.0 Å². The third kappa shape index (κ3) is 3.04. The van der Waals surface area contributed by atoms with Gasteiger partial charge in [0, 0.05) is 0 Å². The van der Waals surface area contributed by atoms with Crippen LogP contribution in [-0.4, -0.2) is 10.7 Å².